The van der Waals surface area contributed by atoms with Gasteiger partial charge in [-0.3, -0.25) is 0 Å². The van der Waals surface area contributed by atoms with E-state index in [-0.39, 0.29) is 4.90 Å². The van der Waals surface area contributed by atoms with Crippen LogP contribution in [-0.2, 0) is 16.6 Å². The standard InChI is InChI=1S/C14H23BrN2O2S/c1-5-14(4,6-2)17-20(18,19)12-8-11(9-16)7-10(3)13(12)15/h7-8,17H,5-6,9,16H2,1-4H3. The van der Waals surface area contributed by atoms with Gasteiger partial charge >= 0.3 is 0 Å². The highest BCUT2D eigenvalue weighted by Crippen LogP contribution is 2.29. The zero-order chi connectivity index (χ0) is 15.6. The van der Waals surface area contributed by atoms with Gasteiger partial charge in [-0.2, -0.15) is 0 Å². The highest BCUT2D eigenvalue weighted by Gasteiger charge is 2.29. The largest absolute Gasteiger partial charge is 0.326 e. The molecular weight excluding hydrogens is 340 g/mol. The second kappa shape index (κ2) is 6.56. The average molecular weight is 363 g/mol. The summed E-state index contributed by atoms with van der Waals surface area (Å²) in [6.45, 7) is 8.04. The number of halogens is 1. The molecule has 0 atom stereocenters. The van der Waals surface area contributed by atoms with Crippen LogP contribution < -0.4 is 10.5 Å². The van der Waals surface area contributed by atoms with Crippen LogP contribution in [0.4, 0.5) is 0 Å². The molecule has 0 fully saturated rings. The van der Waals surface area contributed by atoms with Gasteiger partial charge in [0.2, 0.25) is 10.0 Å². The van der Waals surface area contributed by atoms with Crippen molar-refractivity contribution < 1.29 is 8.42 Å². The fourth-order valence-corrected chi connectivity index (χ4v) is 4.52. The second-order valence-corrected chi connectivity index (χ2v) is 7.75. The number of aryl methyl sites for hydroxylation is 1. The van der Waals surface area contributed by atoms with E-state index in [2.05, 4.69) is 20.7 Å². The Labute approximate surface area is 130 Å². The van der Waals surface area contributed by atoms with Crippen molar-refractivity contribution in [2.75, 3.05) is 0 Å². The molecule has 0 saturated heterocycles. The van der Waals surface area contributed by atoms with Gasteiger partial charge in [0.15, 0.2) is 0 Å². The lowest BCUT2D eigenvalue weighted by Crippen LogP contribution is -2.44. The van der Waals surface area contributed by atoms with Gasteiger partial charge in [0.25, 0.3) is 0 Å². The molecule has 1 rings (SSSR count). The van der Waals surface area contributed by atoms with Crippen molar-refractivity contribution in [3.63, 3.8) is 0 Å². The summed E-state index contributed by atoms with van der Waals surface area (Å²) in [7, 11) is -3.58. The molecule has 0 amide bonds. The van der Waals surface area contributed by atoms with E-state index in [1.54, 1.807) is 6.07 Å². The molecule has 0 radical (unpaired) electrons. The lowest BCUT2D eigenvalue weighted by molar-refractivity contribution is 0.388. The van der Waals surface area contributed by atoms with Crippen molar-refractivity contribution in [2.24, 2.45) is 5.73 Å². The molecule has 4 nitrogen and oxygen atoms in total. The topological polar surface area (TPSA) is 72.2 Å². The number of nitrogens with one attached hydrogen (secondary N) is 1. The fraction of sp³-hybridized carbons (Fsp3) is 0.571. The van der Waals surface area contributed by atoms with Crippen molar-refractivity contribution in [1.29, 1.82) is 0 Å². The van der Waals surface area contributed by atoms with Gasteiger partial charge in [-0.05, 0) is 59.8 Å². The third-order valence-corrected chi connectivity index (χ3v) is 6.73. The molecule has 0 heterocycles. The Morgan fingerprint density at radius 2 is 1.85 bits per heavy atom. The van der Waals surface area contributed by atoms with Gasteiger partial charge in [-0.15, -0.1) is 0 Å². The molecule has 0 aliphatic carbocycles. The molecule has 0 bridgehead atoms. The van der Waals surface area contributed by atoms with E-state index in [1.165, 1.54) is 0 Å². The van der Waals surface area contributed by atoms with Gasteiger partial charge in [0.05, 0.1) is 4.90 Å². The number of hydrogen-bond acceptors (Lipinski definition) is 3. The van der Waals surface area contributed by atoms with Crippen molar-refractivity contribution in [1.82, 2.24) is 4.72 Å². The maximum atomic E-state index is 12.6. The number of hydrogen-bond donors (Lipinski definition) is 2. The van der Waals surface area contributed by atoms with E-state index < -0.39 is 15.6 Å². The Balaban J connectivity index is 3.32. The van der Waals surface area contributed by atoms with Crippen molar-refractivity contribution in [2.45, 2.75) is 57.5 Å². The lowest BCUT2D eigenvalue weighted by atomic mass is 9.98. The van der Waals surface area contributed by atoms with Crippen molar-refractivity contribution >= 4 is 26.0 Å². The van der Waals surface area contributed by atoms with Crippen LogP contribution in [-0.4, -0.2) is 14.0 Å². The summed E-state index contributed by atoms with van der Waals surface area (Å²) in [5.41, 5.74) is 6.86. The Bertz CT molecular complexity index is 581. The molecule has 114 valence electrons. The first-order chi connectivity index (χ1) is 9.19. The summed E-state index contributed by atoms with van der Waals surface area (Å²) >= 11 is 3.37. The zero-order valence-electron chi connectivity index (χ0n) is 12.5. The van der Waals surface area contributed by atoms with Crippen LogP contribution in [0.2, 0.25) is 0 Å². The highest BCUT2D eigenvalue weighted by atomic mass is 79.9. The van der Waals surface area contributed by atoms with Gasteiger partial charge in [-0.25, -0.2) is 13.1 Å². The van der Waals surface area contributed by atoms with Crippen LogP contribution in [0.3, 0.4) is 0 Å². The van der Waals surface area contributed by atoms with E-state index in [1.807, 2.05) is 33.8 Å². The molecule has 0 aliphatic heterocycles. The van der Waals surface area contributed by atoms with Gasteiger partial charge < -0.3 is 5.73 Å². The van der Waals surface area contributed by atoms with Crippen LogP contribution in [0.25, 0.3) is 0 Å². The Hall–Kier alpha value is -0.430. The molecule has 6 heteroatoms. The fourth-order valence-electron chi connectivity index (χ4n) is 1.90. The quantitative estimate of drug-likeness (QED) is 0.816. The van der Waals surface area contributed by atoms with E-state index in [4.69, 9.17) is 5.73 Å². The normalized spacial score (nSPS) is 12.7. The Morgan fingerprint density at radius 1 is 1.30 bits per heavy atom. The van der Waals surface area contributed by atoms with Crippen LogP contribution in [0.1, 0.15) is 44.7 Å². The summed E-state index contributed by atoms with van der Waals surface area (Å²) in [5, 5.41) is 0. The Morgan fingerprint density at radius 3 is 2.30 bits per heavy atom. The van der Waals surface area contributed by atoms with Gasteiger partial charge in [0.1, 0.15) is 0 Å². The first-order valence-electron chi connectivity index (χ1n) is 6.72. The summed E-state index contributed by atoms with van der Waals surface area (Å²) < 4.78 is 28.7. The summed E-state index contributed by atoms with van der Waals surface area (Å²) in [6, 6.07) is 3.52. The summed E-state index contributed by atoms with van der Waals surface area (Å²) in [4.78, 5) is 0.256. The first kappa shape index (κ1) is 17.6. The van der Waals surface area contributed by atoms with E-state index in [9.17, 15) is 8.42 Å². The van der Waals surface area contributed by atoms with E-state index >= 15 is 0 Å². The molecule has 1 aromatic rings. The SMILES string of the molecule is CCC(C)(CC)NS(=O)(=O)c1cc(CN)cc(C)c1Br. The average Bonchev–Trinajstić information content (AvgIpc) is 2.40. The predicted molar refractivity (Wildman–Crippen MR) is 86.1 cm³/mol. The molecule has 0 saturated carbocycles. The Kier molecular flexibility index (Phi) is 5.78. The van der Waals surface area contributed by atoms with Crippen molar-refractivity contribution in [3.05, 3.63) is 27.7 Å². The smallest absolute Gasteiger partial charge is 0.242 e. The molecule has 0 aliphatic rings. The van der Waals surface area contributed by atoms with Crippen molar-refractivity contribution in [3.8, 4) is 0 Å². The third kappa shape index (κ3) is 3.81. The summed E-state index contributed by atoms with van der Waals surface area (Å²) in [6.07, 6.45) is 1.46. The molecule has 1 aromatic carbocycles. The molecule has 3 N–H and O–H groups in total. The molecule has 0 aromatic heterocycles. The molecular formula is C14H23BrN2O2S. The van der Waals surface area contributed by atoms with Crippen LogP contribution in [0.5, 0.6) is 0 Å². The highest BCUT2D eigenvalue weighted by molar-refractivity contribution is 9.10. The number of nitrogens with two attached hydrogens (primary N) is 1. The molecule has 0 spiro atoms. The first-order valence-corrected chi connectivity index (χ1v) is 8.99. The van der Waals surface area contributed by atoms with Crippen LogP contribution in [0.15, 0.2) is 21.5 Å². The van der Waals surface area contributed by atoms with Crippen LogP contribution >= 0.6 is 15.9 Å². The number of sulfonamides is 1. The lowest BCUT2D eigenvalue weighted by Gasteiger charge is -2.28. The van der Waals surface area contributed by atoms with E-state index in [0.29, 0.717) is 11.0 Å². The molecule has 0 unspecified atom stereocenters. The predicted octanol–water partition coefficient (Wildman–Crippen LogP) is 3.07. The number of rotatable bonds is 6. The second-order valence-electron chi connectivity index (χ2n) is 5.30. The third-order valence-electron chi connectivity index (χ3n) is 3.75. The monoisotopic (exact) mass is 362 g/mol. The van der Waals surface area contributed by atoms with Gasteiger partial charge in [-0.1, -0.05) is 19.9 Å². The summed E-state index contributed by atoms with van der Waals surface area (Å²) in [5.74, 6) is 0. The molecule has 20 heavy (non-hydrogen) atoms. The maximum Gasteiger partial charge on any atom is 0.242 e. The minimum Gasteiger partial charge on any atom is -0.326 e. The van der Waals surface area contributed by atoms with Gasteiger partial charge in [0, 0.05) is 16.6 Å². The van der Waals surface area contributed by atoms with Crippen LogP contribution in [0, 0.1) is 6.92 Å². The zero-order valence-corrected chi connectivity index (χ0v) is 14.9. The van der Waals surface area contributed by atoms with E-state index in [0.717, 1.165) is 24.0 Å². The minimum atomic E-state index is -3.58. The minimum absolute atomic E-state index is 0.256. The number of benzene rings is 1. The maximum absolute atomic E-state index is 12.6.